The molecule has 0 fully saturated rings. The third-order valence-electron chi connectivity index (χ3n) is 3.41. The van der Waals surface area contributed by atoms with Crippen molar-refractivity contribution in [2.24, 2.45) is 11.5 Å². The van der Waals surface area contributed by atoms with Crippen molar-refractivity contribution in [1.82, 2.24) is 9.80 Å². The molecule has 0 heterocycles. The van der Waals surface area contributed by atoms with Crippen LogP contribution in [0.5, 0.6) is 0 Å². The van der Waals surface area contributed by atoms with Crippen LogP contribution in [-0.2, 0) is 13.1 Å². The van der Waals surface area contributed by atoms with Gasteiger partial charge in [-0.1, -0.05) is 38.1 Å². The van der Waals surface area contributed by atoms with Gasteiger partial charge >= 0.3 is 0 Å². The number of nitrogens with one attached hydrogen (secondary N) is 2. The molecule has 0 aliphatic heterocycles. The molecule has 0 radical (unpaired) electrons. The summed E-state index contributed by atoms with van der Waals surface area (Å²) in [5.74, 6) is 0.201. The normalized spacial score (nSPS) is 9.42. The minimum atomic E-state index is 0. The first-order valence-corrected chi connectivity index (χ1v) is 7.73. The smallest absolute Gasteiger partial charge is 0.188 e. The summed E-state index contributed by atoms with van der Waals surface area (Å²) in [6.07, 6.45) is 1.90. The summed E-state index contributed by atoms with van der Waals surface area (Å²) in [7, 11) is 0. The molecular weight excluding hydrogens is 347 g/mol. The van der Waals surface area contributed by atoms with E-state index in [9.17, 15) is 0 Å². The van der Waals surface area contributed by atoms with Crippen molar-refractivity contribution in [3.05, 3.63) is 35.4 Å². The molecule has 0 spiro atoms. The van der Waals surface area contributed by atoms with Crippen molar-refractivity contribution in [1.29, 1.82) is 10.8 Å². The van der Waals surface area contributed by atoms with Gasteiger partial charge in [0.25, 0.3) is 0 Å². The van der Waals surface area contributed by atoms with Crippen LogP contribution in [0.2, 0.25) is 0 Å². The number of nitrogens with two attached hydrogens (primary N) is 2. The SMILES string of the molecule is CCCN(Cc1cccc(CN(CCC)C(=N)N)c1)C(=N)N.Cl.Cl. The van der Waals surface area contributed by atoms with Crippen LogP contribution in [0.1, 0.15) is 37.8 Å². The Kier molecular flexibility index (Phi) is 13.0. The number of rotatable bonds is 8. The number of guanidine groups is 2. The maximum absolute atomic E-state index is 7.63. The van der Waals surface area contributed by atoms with Gasteiger partial charge in [-0.2, -0.15) is 0 Å². The van der Waals surface area contributed by atoms with E-state index in [0.29, 0.717) is 13.1 Å². The second-order valence-corrected chi connectivity index (χ2v) is 5.43. The van der Waals surface area contributed by atoms with Crippen LogP contribution in [0.15, 0.2) is 24.3 Å². The predicted molar refractivity (Wildman–Crippen MR) is 106 cm³/mol. The van der Waals surface area contributed by atoms with Gasteiger partial charge in [-0.25, -0.2) is 0 Å². The van der Waals surface area contributed by atoms with Gasteiger partial charge in [0.1, 0.15) is 0 Å². The Labute approximate surface area is 157 Å². The van der Waals surface area contributed by atoms with E-state index in [4.69, 9.17) is 22.3 Å². The van der Waals surface area contributed by atoms with Crippen molar-refractivity contribution < 1.29 is 0 Å². The summed E-state index contributed by atoms with van der Waals surface area (Å²) in [6, 6.07) is 8.16. The fourth-order valence-electron chi connectivity index (χ4n) is 2.38. The van der Waals surface area contributed by atoms with Crippen molar-refractivity contribution in [2.45, 2.75) is 39.8 Å². The van der Waals surface area contributed by atoms with Gasteiger partial charge in [0, 0.05) is 26.2 Å². The Hall–Kier alpha value is -1.66. The molecule has 0 saturated carbocycles. The molecule has 138 valence electrons. The molecule has 1 rings (SSSR count). The lowest BCUT2D eigenvalue weighted by Gasteiger charge is -2.24. The van der Waals surface area contributed by atoms with Crippen LogP contribution in [0.25, 0.3) is 0 Å². The maximum atomic E-state index is 7.63. The zero-order valence-electron chi connectivity index (χ0n) is 14.4. The van der Waals surface area contributed by atoms with Gasteiger partial charge < -0.3 is 21.3 Å². The molecule has 1 aromatic carbocycles. The number of benzene rings is 1. The van der Waals surface area contributed by atoms with Crippen LogP contribution in [0.3, 0.4) is 0 Å². The van der Waals surface area contributed by atoms with Gasteiger partial charge in [0.05, 0.1) is 0 Å². The summed E-state index contributed by atoms with van der Waals surface area (Å²) in [5, 5.41) is 15.3. The van der Waals surface area contributed by atoms with Crippen LogP contribution in [0, 0.1) is 10.8 Å². The fraction of sp³-hybridized carbons (Fsp3) is 0.500. The quantitative estimate of drug-likeness (QED) is 0.413. The van der Waals surface area contributed by atoms with Gasteiger partial charge in [-0.3, -0.25) is 10.8 Å². The Morgan fingerprint density at radius 3 is 1.54 bits per heavy atom. The summed E-state index contributed by atoms with van der Waals surface area (Å²) in [4.78, 5) is 3.71. The third kappa shape index (κ3) is 8.26. The van der Waals surface area contributed by atoms with Crippen LogP contribution in [0.4, 0.5) is 0 Å². The molecule has 0 aromatic heterocycles. The molecule has 6 nitrogen and oxygen atoms in total. The fourth-order valence-corrected chi connectivity index (χ4v) is 2.38. The molecule has 6 N–H and O–H groups in total. The molecule has 0 bridgehead atoms. The molecule has 0 aliphatic carbocycles. The highest BCUT2D eigenvalue weighted by atomic mass is 35.5. The van der Waals surface area contributed by atoms with Gasteiger partial charge in [0.15, 0.2) is 11.9 Å². The van der Waals surface area contributed by atoms with E-state index in [2.05, 4.69) is 19.9 Å². The van der Waals surface area contributed by atoms with E-state index in [1.165, 1.54) is 0 Å². The summed E-state index contributed by atoms with van der Waals surface area (Å²) in [6.45, 7) is 6.95. The number of halogens is 2. The standard InChI is InChI=1S/C16H28N6.2ClH/c1-3-8-21(15(17)18)11-13-6-5-7-14(10-13)12-22(9-4-2)16(19)20;;/h5-7,10H,3-4,8-9,11-12H2,1-2H3,(H3,17,18)(H3,19,20);2*1H. The van der Waals surface area contributed by atoms with Crippen LogP contribution < -0.4 is 11.5 Å². The van der Waals surface area contributed by atoms with E-state index in [1.807, 2.05) is 28.0 Å². The average Bonchev–Trinajstić information content (AvgIpc) is 2.46. The first-order chi connectivity index (χ1) is 10.5. The highest BCUT2D eigenvalue weighted by molar-refractivity contribution is 5.85. The van der Waals surface area contributed by atoms with Crippen molar-refractivity contribution >= 4 is 36.7 Å². The molecular formula is C16H30Cl2N6. The van der Waals surface area contributed by atoms with E-state index in [1.54, 1.807) is 0 Å². The highest BCUT2D eigenvalue weighted by Gasteiger charge is 2.09. The Morgan fingerprint density at radius 2 is 1.25 bits per heavy atom. The minimum Gasteiger partial charge on any atom is -0.370 e. The largest absolute Gasteiger partial charge is 0.370 e. The zero-order valence-corrected chi connectivity index (χ0v) is 16.1. The topological polar surface area (TPSA) is 106 Å². The molecule has 8 heteroatoms. The number of hydrogen-bond acceptors (Lipinski definition) is 2. The number of nitrogens with zero attached hydrogens (tertiary/aromatic N) is 2. The van der Waals surface area contributed by atoms with E-state index < -0.39 is 0 Å². The molecule has 1 aromatic rings. The lowest BCUT2D eigenvalue weighted by molar-refractivity contribution is 0.398. The molecule has 0 atom stereocenters. The van der Waals surface area contributed by atoms with Gasteiger partial charge in [-0.15, -0.1) is 24.8 Å². The number of hydrogen-bond donors (Lipinski definition) is 4. The highest BCUT2D eigenvalue weighted by Crippen LogP contribution is 2.11. The predicted octanol–water partition coefficient (Wildman–Crippen LogP) is 2.74. The molecule has 0 unspecified atom stereocenters. The lowest BCUT2D eigenvalue weighted by Crippen LogP contribution is -2.37. The first-order valence-electron chi connectivity index (χ1n) is 7.73. The summed E-state index contributed by atoms with van der Waals surface area (Å²) < 4.78 is 0. The Morgan fingerprint density at radius 1 is 0.875 bits per heavy atom. The summed E-state index contributed by atoms with van der Waals surface area (Å²) >= 11 is 0. The second kappa shape index (κ2) is 12.7. The summed E-state index contributed by atoms with van der Waals surface area (Å²) in [5.41, 5.74) is 13.5. The monoisotopic (exact) mass is 376 g/mol. The van der Waals surface area contributed by atoms with E-state index in [-0.39, 0.29) is 36.7 Å². The molecule has 0 saturated heterocycles. The second-order valence-electron chi connectivity index (χ2n) is 5.43. The van der Waals surface area contributed by atoms with Crippen LogP contribution in [-0.4, -0.2) is 34.8 Å². The molecule has 0 amide bonds. The third-order valence-corrected chi connectivity index (χ3v) is 3.41. The van der Waals surface area contributed by atoms with Crippen molar-refractivity contribution in [2.75, 3.05) is 13.1 Å². The minimum absolute atomic E-state index is 0. The zero-order chi connectivity index (χ0) is 16.5. The van der Waals surface area contributed by atoms with Gasteiger partial charge in [0.2, 0.25) is 0 Å². The average molecular weight is 377 g/mol. The van der Waals surface area contributed by atoms with Gasteiger partial charge in [-0.05, 0) is 24.0 Å². The Balaban J connectivity index is 0. The maximum Gasteiger partial charge on any atom is 0.188 e. The lowest BCUT2D eigenvalue weighted by atomic mass is 10.1. The first kappa shape index (κ1) is 24.6. The van der Waals surface area contributed by atoms with E-state index in [0.717, 1.165) is 37.1 Å². The van der Waals surface area contributed by atoms with Crippen molar-refractivity contribution in [3.63, 3.8) is 0 Å². The molecule has 24 heavy (non-hydrogen) atoms. The Bertz CT molecular complexity index is 468. The van der Waals surface area contributed by atoms with Crippen molar-refractivity contribution in [3.8, 4) is 0 Å². The van der Waals surface area contributed by atoms with Crippen LogP contribution >= 0.6 is 24.8 Å². The molecule has 0 aliphatic rings. The van der Waals surface area contributed by atoms with E-state index >= 15 is 0 Å².